The van der Waals surface area contributed by atoms with Gasteiger partial charge in [-0.2, -0.15) is 0 Å². The Hall–Kier alpha value is 1.12. The predicted molar refractivity (Wildman–Crippen MR) is 65.1 cm³/mol. The maximum atomic E-state index is 2.40. The van der Waals surface area contributed by atoms with Gasteiger partial charge in [-0.1, -0.05) is 0 Å². The van der Waals surface area contributed by atoms with Gasteiger partial charge in [0.25, 0.3) is 0 Å². The lowest BCUT2D eigenvalue weighted by molar-refractivity contribution is 2.12. The quantitative estimate of drug-likeness (QED) is 0.591. The number of fused-ring (bicyclic) bond motifs is 1. The molecule has 0 spiro atoms. The molecule has 2 aromatic heterocycles. The SMILES string of the molecule is Ic1sc(I)c2sccc12. The Bertz CT molecular complexity index is 329. The van der Waals surface area contributed by atoms with Crippen molar-refractivity contribution in [3.05, 3.63) is 17.2 Å². The molecular formula is C6H2I2S2. The van der Waals surface area contributed by atoms with E-state index >= 15 is 0 Å². The van der Waals surface area contributed by atoms with Crippen LogP contribution in [0.3, 0.4) is 0 Å². The van der Waals surface area contributed by atoms with Crippen LogP contribution < -0.4 is 0 Å². The first-order chi connectivity index (χ1) is 4.79. The molecule has 0 nitrogen and oxygen atoms in total. The summed E-state index contributed by atoms with van der Waals surface area (Å²) in [6.07, 6.45) is 0. The fourth-order valence-corrected chi connectivity index (χ4v) is 6.39. The van der Waals surface area contributed by atoms with Crippen LogP contribution in [-0.4, -0.2) is 0 Å². The molecule has 2 aromatic rings. The fourth-order valence-electron chi connectivity index (χ4n) is 0.796. The van der Waals surface area contributed by atoms with Gasteiger partial charge in [0.1, 0.15) is 0 Å². The average molecular weight is 392 g/mol. The summed E-state index contributed by atoms with van der Waals surface area (Å²) in [7, 11) is 0. The van der Waals surface area contributed by atoms with Crippen LogP contribution in [0.2, 0.25) is 0 Å². The third kappa shape index (κ3) is 1.12. The van der Waals surface area contributed by atoms with Crippen LogP contribution in [0.1, 0.15) is 0 Å². The summed E-state index contributed by atoms with van der Waals surface area (Å²) in [6.45, 7) is 0. The highest BCUT2D eigenvalue weighted by Gasteiger charge is 2.06. The third-order valence-electron chi connectivity index (χ3n) is 1.23. The lowest BCUT2D eigenvalue weighted by Gasteiger charge is -1.73. The number of hydrogen-bond donors (Lipinski definition) is 0. The fraction of sp³-hybridized carbons (Fsp3) is 0. The van der Waals surface area contributed by atoms with E-state index in [0.717, 1.165) is 0 Å². The second-order valence-corrected chi connectivity index (χ2v) is 7.37. The van der Waals surface area contributed by atoms with E-state index in [1.54, 1.807) is 0 Å². The molecule has 0 aromatic carbocycles. The summed E-state index contributed by atoms with van der Waals surface area (Å²) in [5.41, 5.74) is 0. The predicted octanol–water partition coefficient (Wildman–Crippen LogP) is 4.17. The van der Waals surface area contributed by atoms with E-state index in [2.05, 4.69) is 56.6 Å². The average Bonchev–Trinajstić information content (AvgIpc) is 2.39. The van der Waals surface area contributed by atoms with Gasteiger partial charge < -0.3 is 0 Å². The maximum Gasteiger partial charge on any atom is 0.0842 e. The number of hydrogen-bond acceptors (Lipinski definition) is 2. The van der Waals surface area contributed by atoms with Crippen molar-refractivity contribution in [1.82, 2.24) is 0 Å². The van der Waals surface area contributed by atoms with Crippen LogP contribution in [0.5, 0.6) is 0 Å². The molecule has 52 valence electrons. The first-order valence-corrected chi connectivity index (χ1v) is 6.45. The minimum atomic E-state index is 1.42. The van der Waals surface area contributed by atoms with E-state index in [9.17, 15) is 0 Å². The lowest BCUT2D eigenvalue weighted by Crippen LogP contribution is -1.50. The van der Waals surface area contributed by atoms with Crippen molar-refractivity contribution in [2.45, 2.75) is 0 Å². The molecule has 0 amide bonds. The minimum absolute atomic E-state index is 1.42. The summed E-state index contributed by atoms with van der Waals surface area (Å²) in [4.78, 5) is 0. The molecule has 0 N–H and O–H groups in total. The first-order valence-electron chi connectivity index (χ1n) is 2.60. The van der Waals surface area contributed by atoms with Gasteiger partial charge >= 0.3 is 0 Å². The van der Waals surface area contributed by atoms with Crippen molar-refractivity contribution >= 4 is 77.9 Å². The van der Waals surface area contributed by atoms with Crippen molar-refractivity contribution in [1.29, 1.82) is 0 Å². The van der Waals surface area contributed by atoms with Gasteiger partial charge in [0, 0.05) is 5.39 Å². The van der Waals surface area contributed by atoms with Crippen molar-refractivity contribution in [2.24, 2.45) is 0 Å². The van der Waals surface area contributed by atoms with Gasteiger partial charge in [-0.05, 0) is 56.6 Å². The lowest BCUT2D eigenvalue weighted by atomic mass is 10.4. The van der Waals surface area contributed by atoms with E-state index < -0.39 is 0 Å². The highest BCUT2D eigenvalue weighted by molar-refractivity contribution is 14.1. The maximum absolute atomic E-state index is 2.40. The number of thiophene rings is 2. The van der Waals surface area contributed by atoms with Crippen LogP contribution >= 0.6 is 67.9 Å². The summed E-state index contributed by atoms with van der Waals surface area (Å²) in [5, 5.41) is 3.59. The number of halogens is 2. The van der Waals surface area contributed by atoms with Crippen LogP contribution in [0.15, 0.2) is 11.4 Å². The zero-order chi connectivity index (χ0) is 7.14. The Labute approximate surface area is 93.9 Å². The highest BCUT2D eigenvalue weighted by atomic mass is 127. The summed E-state index contributed by atoms with van der Waals surface area (Å²) >= 11 is 8.50. The van der Waals surface area contributed by atoms with Gasteiger partial charge in [0.2, 0.25) is 0 Å². The molecule has 0 unspecified atom stereocenters. The summed E-state index contributed by atoms with van der Waals surface area (Å²) < 4.78 is 4.29. The molecule has 2 rings (SSSR count). The molecule has 0 fully saturated rings. The zero-order valence-corrected chi connectivity index (χ0v) is 10.7. The van der Waals surface area contributed by atoms with Crippen molar-refractivity contribution in [3.63, 3.8) is 0 Å². The van der Waals surface area contributed by atoms with E-state index in [1.807, 2.05) is 22.7 Å². The third-order valence-corrected chi connectivity index (χ3v) is 5.89. The van der Waals surface area contributed by atoms with Gasteiger partial charge in [-0.3, -0.25) is 0 Å². The molecule has 2 heterocycles. The first kappa shape index (κ1) is 7.75. The standard InChI is InChI=1S/C6H2I2S2/c7-5-3-1-2-9-4(3)6(8)10-5/h1-2H. The molecule has 0 aliphatic carbocycles. The van der Waals surface area contributed by atoms with Gasteiger partial charge in [-0.25, -0.2) is 0 Å². The van der Waals surface area contributed by atoms with Crippen molar-refractivity contribution in [3.8, 4) is 0 Å². The van der Waals surface area contributed by atoms with Crippen LogP contribution in [0, 0.1) is 5.77 Å². The molecule has 0 aliphatic heterocycles. The molecule has 0 saturated heterocycles. The van der Waals surface area contributed by atoms with Crippen LogP contribution in [0.4, 0.5) is 0 Å². The topological polar surface area (TPSA) is 0 Å². The van der Waals surface area contributed by atoms with E-state index in [1.165, 1.54) is 15.9 Å². The minimum Gasteiger partial charge on any atom is -0.142 e. The molecule has 0 bridgehead atoms. The van der Waals surface area contributed by atoms with Gasteiger partial charge in [-0.15, -0.1) is 22.7 Å². The molecule has 0 aliphatic rings. The monoisotopic (exact) mass is 392 g/mol. The molecule has 0 radical (unpaired) electrons. The van der Waals surface area contributed by atoms with Gasteiger partial charge in [0.05, 0.1) is 10.5 Å². The zero-order valence-electron chi connectivity index (χ0n) is 4.73. The van der Waals surface area contributed by atoms with E-state index in [0.29, 0.717) is 0 Å². The Morgan fingerprint density at radius 1 is 1.20 bits per heavy atom. The molecule has 0 saturated carbocycles. The summed E-state index contributed by atoms with van der Waals surface area (Å²) in [5.74, 6) is 0. The van der Waals surface area contributed by atoms with E-state index in [4.69, 9.17) is 0 Å². The van der Waals surface area contributed by atoms with Crippen molar-refractivity contribution in [2.75, 3.05) is 0 Å². The highest BCUT2D eigenvalue weighted by Crippen LogP contribution is 2.36. The number of rotatable bonds is 0. The Balaban J connectivity index is 2.98. The van der Waals surface area contributed by atoms with Gasteiger partial charge in [0.15, 0.2) is 0 Å². The van der Waals surface area contributed by atoms with Crippen LogP contribution in [0.25, 0.3) is 10.1 Å². The molecule has 10 heavy (non-hydrogen) atoms. The normalized spacial score (nSPS) is 11.0. The largest absolute Gasteiger partial charge is 0.142 e. The molecule has 4 heteroatoms. The van der Waals surface area contributed by atoms with E-state index in [-0.39, 0.29) is 0 Å². The molecular weight excluding hydrogens is 390 g/mol. The Morgan fingerprint density at radius 2 is 2.00 bits per heavy atom. The second-order valence-electron chi connectivity index (χ2n) is 1.81. The van der Waals surface area contributed by atoms with Crippen molar-refractivity contribution < 1.29 is 0 Å². The second kappa shape index (κ2) is 2.87. The molecule has 0 atom stereocenters. The smallest absolute Gasteiger partial charge is 0.0842 e. The summed E-state index contributed by atoms with van der Waals surface area (Å²) in [6, 6.07) is 2.19. The van der Waals surface area contributed by atoms with Crippen LogP contribution in [-0.2, 0) is 0 Å². The Morgan fingerprint density at radius 3 is 2.70 bits per heavy atom. The Kier molecular flexibility index (Phi) is 2.23.